The molecular weight excluding hydrogens is 320 g/mol. The highest BCUT2D eigenvalue weighted by atomic mass is 32.2. The van der Waals surface area contributed by atoms with E-state index in [0.29, 0.717) is 11.7 Å². The number of aromatic nitrogens is 4. The lowest BCUT2D eigenvalue weighted by Gasteiger charge is -2.32. The van der Waals surface area contributed by atoms with Crippen LogP contribution in [0.25, 0.3) is 9.53 Å². The topological polar surface area (TPSA) is 75.9 Å². The van der Waals surface area contributed by atoms with Crippen molar-refractivity contribution in [3.63, 3.8) is 0 Å². The monoisotopic (exact) mass is 334 g/mol. The minimum absolute atomic E-state index is 0.0915. The van der Waals surface area contributed by atoms with Gasteiger partial charge in [0.05, 0.1) is 17.8 Å². The summed E-state index contributed by atoms with van der Waals surface area (Å²) in [6.07, 6.45) is 5.49. The van der Waals surface area contributed by atoms with Gasteiger partial charge in [-0.2, -0.15) is 0 Å². The summed E-state index contributed by atoms with van der Waals surface area (Å²) < 4.78 is 2.97. The van der Waals surface area contributed by atoms with Crippen LogP contribution < -0.4 is 5.32 Å². The number of nitrogens with one attached hydrogen (secondary N) is 1. The van der Waals surface area contributed by atoms with E-state index in [1.54, 1.807) is 17.5 Å². The van der Waals surface area contributed by atoms with E-state index in [0.717, 1.165) is 28.9 Å². The number of rotatable bonds is 2. The highest BCUT2D eigenvalue weighted by Crippen LogP contribution is 2.30. The third-order valence-electron chi connectivity index (χ3n) is 3.73. The average Bonchev–Trinajstić information content (AvgIpc) is 3.24. The zero-order valence-electron chi connectivity index (χ0n) is 11.7. The van der Waals surface area contributed by atoms with Crippen molar-refractivity contribution in [1.29, 1.82) is 0 Å². The number of fused-ring (bicyclic) bond motifs is 1. The second kappa shape index (κ2) is 5.65. The molecular formula is C13H14N6OS2. The van der Waals surface area contributed by atoms with Gasteiger partial charge in [0, 0.05) is 19.3 Å². The quantitative estimate of drug-likeness (QED) is 0.782. The van der Waals surface area contributed by atoms with Crippen molar-refractivity contribution < 1.29 is 4.79 Å². The number of hydrogen-bond acceptors (Lipinski definition) is 6. The Morgan fingerprint density at radius 2 is 2.41 bits per heavy atom. The lowest BCUT2D eigenvalue weighted by atomic mass is 10.1. The fraction of sp³-hybridized carbons (Fsp3) is 0.385. The van der Waals surface area contributed by atoms with Gasteiger partial charge in [0.15, 0.2) is 5.13 Å². The number of carbonyl (C=O) groups is 1. The lowest BCUT2D eigenvalue weighted by molar-refractivity contribution is 0.174. The summed E-state index contributed by atoms with van der Waals surface area (Å²) in [6, 6.07) is 2.07. The fourth-order valence-corrected chi connectivity index (χ4v) is 4.49. The van der Waals surface area contributed by atoms with Gasteiger partial charge in [0.1, 0.15) is 4.01 Å². The molecule has 7 nitrogen and oxygen atoms in total. The van der Waals surface area contributed by atoms with Gasteiger partial charge in [-0.25, -0.2) is 14.5 Å². The molecule has 0 aliphatic carbocycles. The Kier molecular flexibility index (Phi) is 3.51. The molecule has 0 spiro atoms. The van der Waals surface area contributed by atoms with Crippen LogP contribution in [0.4, 0.5) is 9.93 Å². The Bertz CT molecular complexity index is 751. The molecule has 1 aliphatic rings. The molecule has 1 saturated heterocycles. The first-order valence-corrected chi connectivity index (χ1v) is 8.75. The number of nitrogens with zero attached hydrogens (tertiary/aromatic N) is 5. The van der Waals surface area contributed by atoms with Gasteiger partial charge in [-0.15, -0.1) is 16.4 Å². The second-order valence-corrected chi connectivity index (χ2v) is 7.34. The molecule has 0 radical (unpaired) electrons. The summed E-state index contributed by atoms with van der Waals surface area (Å²) in [5.41, 5.74) is 0.949. The van der Waals surface area contributed by atoms with Gasteiger partial charge >= 0.3 is 6.03 Å². The standard InChI is InChI=1S/C13H14N6OS2/c20-13(16-12-15-10-3-7-21-11(10)22-12)18-5-1-2-9(8-18)19-6-4-14-17-19/h3-4,6-7,9H,1-2,5,8H2,(H,15,16,20). The molecule has 1 N–H and O–H groups in total. The molecule has 4 rings (SSSR count). The molecule has 1 atom stereocenters. The van der Waals surface area contributed by atoms with E-state index in [-0.39, 0.29) is 12.1 Å². The summed E-state index contributed by atoms with van der Waals surface area (Å²) >= 11 is 3.16. The molecule has 4 heterocycles. The SMILES string of the molecule is O=C(Nc1nc2ccsc2s1)N1CCCC(n2ccnn2)C1. The van der Waals surface area contributed by atoms with Crippen LogP contribution in [0, 0.1) is 0 Å². The van der Waals surface area contributed by atoms with E-state index >= 15 is 0 Å². The predicted molar refractivity (Wildman–Crippen MR) is 86.4 cm³/mol. The van der Waals surface area contributed by atoms with Crippen LogP contribution in [0.2, 0.25) is 0 Å². The fourth-order valence-electron chi connectivity index (χ4n) is 2.66. The molecule has 2 amide bonds. The number of anilines is 1. The third kappa shape index (κ3) is 2.57. The van der Waals surface area contributed by atoms with E-state index in [4.69, 9.17) is 0 Å². The Morgan fingerprint density at radius 1 is 1.45 bits per heavy atom. The van der Waals surface area contributed by atoms with Crippen LogP contribution in [0.5, 0.6) is 0 Å². The molecule has 0 bridgehead atoms. The molecule has 1 aliphatic heterocycles. The zero-order valence-corrected chi connectivity index (χ0v) is 13.3. The molecule has 9 heteroatoms. The first-order valence-electron chi connectivity index (χ1n) is 7.05. The summed E-state index contributed by atoms with van der Waals surface area (Å²) in [4.78, 5) is 18.7. The first-order chi connectivity index (χ1) is 10.8. The van der Waals surface area contributed by atoms with Gasteiger partial charge in [0.25, 0.3) is 0 Å². The van der Waals surface area contributed by atoms with Crippen molar-refractivity contribution in [3.8, 4) is 0 Å². The minimum atomic E-state index is -0.0915. The molecule has 0 aromatic carbocycles. The molecule has 114 valence electrons. The molecule has 1 unspecified atom stereocenters. The average molecular weight is 334 g/mol. The second-order valence-electron chi connectivity index (χ2n) is 5.17. The Morgan fingerprint density at radius 3 is 3.23 bits per heavy atom. The van der Waals surface area contributed by atoms with Gasteiger partial charge in [0.2, 0.25) is 0 Å². The number of urea groups is 1. The van der Waals surface area contributed by atoms with E-state index in [1.807, 2.05) is 27.2 Å². The molecule has 3 aromatic heterocycles. The van der Waals surface area contributed by atoms with E-state index < -0.39 is 0 Å². The highest BCUT2D eigenvalue weighted by Gasteiger charge is 2.25. The van der Waals surface area contributed by atoms with Gasteiger partial charge in [-0.1, -0.05) is 16.6 Å². The zero-order chi connectivity index (χ0) is 14.9. The maximum Gasteiger partial charge on any atom is 0.323 e. The summed E-state index contributed by atoms with van der Waals surface area (Å²) in [7, 11) is 0. The number of amides is 2. The Hall–Kier alpha value is -2.00. The summed E-state index contributed by atoms with van der Waals surface area (Å²) in [6.45, 7) is 1.41. The number of carbonyl (C=O) groups excluding carboxylic acids is 1. The largest absolute Gasteiger partial charge is 0.323 e. The number of piperidine rings is 1. The van der Waals surface area contributed by atoms with Crippen molar-refractivity contribution >= 4 is 43.4 Å². The predicted octanol–water partition coefficient (Wildman–Crippen LogP) is 2.82. The summed E-state index contributed by atoms with van der Waals surface area (Å²) in [5.74, 6) is 0. The Labute approximate surface area is 134 Å². The first kappa shape index (κ1) is 13.6. The lowest BCUT2D eigenvalue weighted by Crippen LogP contribution is -2.43. The maximum absolute atomic E-state index is 12.4. The molecule has 1 fully saturated rings. The van der Waals surface area contributed by atoms with Crippen LogP contribution in [-0.4, -0.2) is 44.0 Å². The normalized spacial score (nSPS) is 18.7. The molecule has 0 saturated carbocycles. The minimum Gasteiger partial charge on any atom is -0.322 e. The van der Waals surface area contributed by atoms with E-state index in [1.165, 1.54) is 11.3 Å². The third-order valence-corrected chi connectivity index (χ3v) is 5.75. The smallest absolute Gasteiger partial charge is 0.322 e. The number of hydrogen-bond donors (Lipinski definition) is 1. The van der Waals surface area contributed by atoms with Crippen LogP contribution >= 0.6 is 22.7 Å². The van der Waals surface area contributed by atoms with Gasteiger partial charge in [-0.3, -0.25) is 5.32 Å². The number of thiophene rings is 1. The van der Waals surface area contributed by atoms with Crippen molar-refractivity contribution in [2.75, 3.05) is 18.4 Å². The van der Waals surface area contributed by atoms with Crippen molar-refractivity contribution in [2.45, 2.75) is 18.9 Å². The van der Waals surface area contributed by atoms with Gasteiger partial charge in [-0.05, 0) is 24.3 Å². The van der Waals surface area contributed by atoms with Gasteiger partial charge < -0.3 is 4.90 Å². The van der Waals surface area contributed by atoms with Crippen molar-refractivity contribution in [2.24, 2.45) is 0 Å². The van der Waals surface area contributed by atoms with Crippen LogP contribution in [0.1, 0.15) is 18.9 Å². The highest BCUT2D eigenvalue weighted by molar-refractivity contribution is 7.39. The Balaban J connectivity index is 1.44. The van der Waals surface area contributed by atoms with Crippen LogP contribution in [0.15, 0.2) is 23.8 Å². The summed E-state index contributed by atoms with van der Waals surface area (Å²) in [5, 5.41) is 13.5. The maximum atomic E-state index is 12.4. The number of likely N-dealkylation sites (tertiary alicyclic amines) is 1. The number of thiazole rings is 1. The van der Waals surface area contributed by atoms with E-state index in [2.05, 4.69) is 20.6 Å². The molecule has 22 heavy (non-hydrogen) atoms. The van der Waals surface area contributed by atoms with Crippen molar-refractivity contribution in [1.82, 2.24) is 24.9 Å². The van der Waals surface area contributed by atoms with E-state index in [9.17, 15) is 4.79 Å². The van der Waals surface area contributed by atoms with Crippen LogP contribution in [0.3, 0.4) is 0 Å². The van der Waals surface area contributed by atoms with Crippen molar-refractivity contribution in [3.05, 3.63) is 23.8 Å². The van der Waals surface area contributed by atoms with Crippen LogP contribution in [-0.2, 0) is 0 Å². The molecule has 3 aromatic rings.